The summed E-state index contributed by atoms with van der Waals surface area (Å²) in [5.41, 5.74) is 2.39. The Hall–Kier alpha value is -1.55. The number of hydrogen-bond acceptors (Lipinski definition) is 3. The van der Waals surface area contributed by atoms with Crippen LogP contribution in [0.15, 0.2) is 18.2 Å². The number of fused-ring (bicyclic) bond motifs is 1. The monoisotopic (exact) mass is 248 g/mol. The summed E-state index contributed by atoms with van der Waals surface area (Å²) in [6.45, 7) is 1.87. The highest BCUT2D eigenvalue weighted by molar-refractivity contribution is 5.81. The molecule has 1 aliphatic rings. The Bertz CT molecular complexity index is 445. The molecule has 1 aliphatic carbocycles. The molecule has 18 heavy (non-hydrogen) atoms. The molecular formula is C14H20N2O2. The van der Waals surface area contributed by atoms with E-state index in [-0.39, 0.29) is 18.0 Å². The van der Waals surface area contributed by atoms with E-state index in [9.17, 15) is 9.90 Å². The Morgan fingerprint density at radius 2 is 2.28 bits per heavy atom. The molecule has 0 heterocycles. The zero-order valence-electron chi connectivity index (χ0n) is 10.9. The van der Waals surface area contributed by atoms with Crippen molar-refractivity contribution in [2.75, 3.05) is 7.05 Å². The van der Waals surface area contributed by atoms with Gasteiger partial charge >= 0.3 is 0 Å². The highest BCUT2D eigenvalue weighted by Gasteiger charge is 2.23. The van der Waals surface area contributed by atoms with Crippen molar-refractivity contribution < 1.29 is 9.90 Å². The number of phenolic OH excluding ortho intramolecular Hbond substituents is 1. The first-order valence-corrected chi connectivity index (χ1v) is 6.41. The molecule has 2 atom stereocenters. The molecule has 4 heteroatoms. The zero-order valence-corrected chi connectivity index (χ0v) is 10.9. The van der Waals surface area contributed by atoms with Crippen molar-refractivity contribution >= 4 is 5.91 Å². The van der Waals surface area contributed by atoms with Crippen LogP contribution in [0.4, 0.5) is 0 Å². The largest absolute Gasteiger partial charge is 0.508 e. The van der Waals surface area contributed by atoms with E-state index in [1.54, 1.807) is 13.1 Å². The van der Waals surface area contributed by atoms with Crippen LogP contribution in [-0.2, 0) is 11.2 Å². The Balaban J connectivity index is 2.15. The van der Waals surface area contributed by atoms with Gasteiger partial charge in [0.2, 0.25) is 5.91 Å². The normalized spacial score (nSPS) is 20.0. The maximum atomic E-state index is 11.5. The fourth-order valence-electron chi connectivity index (χ4n) is 2.57. The number of aryl methyl sites for hydroxylation is 1. The third-order valence-corrected chi connectivity index (χ3v) is 3.53. The quantitative estimate of drug-likeness (QED) is 0.759. The van der Waals surface area contributed by atoms with Crippen LogP contribution in [0, 0.1) is 0 Å². The first-order valence-electron chi connectivity index (χ1n) is 6.41. The molecule has 2 rings (SSSR count). The lowest BCUT2D eigenvalue weighted by Gasteiger charge is -2.28. The lowest BCUT2D eigenvalue weighted by molar-refractivity contribution is -0.122. The van der Waals surface area contributed by atoms with Gasteiger partial charge in [-0.25, -0.2) is 0 Å². The summed E-state index contributed by atoms with van der Waals surface area (Å²) in [5, 5.41) is 15.5. The summed E-state index contributed by atoms with van der Waals surface area (Å²) in [4.78, 5) is 11.5. The first-order chi connectivity index (χ1) is 8.61. The van der Waals surface area contributed by atoms with Gasteiger partial charge in [-0.15, -0.1) is 0 Å². The van der Waals surface area contributed by atoms with Crippen molar-refractivity contribution in [2.45, 2.75) is 38.3 Å². The number of aromatic hydroxyl groups is 1. The number of rotatable bonds is 3. The molecule has 0 fully saturated rings. The SMILES string of the molecule is CNC(=O)C(C)NC1CCCc2cc(O)ccc21. The highest BCUT2D eigenvalue weighted by Crippen LogP contribution is 2.32. The van der Waals surface area contributed by atoms with Crippen LogP contribution in [0.2, 0.25) is 0 Å². The Labute approximate surface area is 107 Å². The molecule has 0 bridgehead atoms. The van der Waals surface area contributed by atoms with Crippen molar-refractivity contribution in [3.8, 4) is 5.75 Å². The van der Waals surface area contributed by atoms with Crippen molar-refractivity contribution in [2.24, 2.45) is 0 Å². The first kappa shape index (κ1) is 12.9. The second kappa shape index (κ2) is 5.40. The van der Waals surface area contributed by atoms with E-state index in [2.05, 4.69) is 10.6 Å². The second-order valence-electron chi connectivity index (χ2n) is 4.83. The minimum Gasteiger partial charge on any atom is -0.508 e. The Morgan fingerprint density at radius 3 is 3.00 bits per heavy atom. The van der Waals surface area contributed by atoms with Gasteiger partial charge in [-0.05, 0) is 49.4 Å². The molecule has 0 spiro atoms. The van der Waals surface area contributed by atoms with E-state index in [4.69, 9.17) is 0 Å². The fourth-order valence-corrected chi connectivity index (χ4v) is 2.57. The molecule has 2 unspecified atom stereocenters. The van der Waals surface area contributed by atoms with E-state index < -0.39 is 0 Å². The molecule has 0 saturated heterocycles. The van der Waals surface area contributed by atoms with Gasteiger partial charge in [0.1, 0.15) is 5.75 Å². The third-order valence-electron chi connectivity index (χ3n) is 3.53. The van der Waals surface area contributed by atoms with Gasteiger partial charge in [0, 0.05) is 13.1 Å². The average Bonchev–Trinajstić information content (AvgIpc) is 2.37. The van der Waals surface area contributed by atoms with E-state index in [0.29, 0.717) is 5.75 Å². The minimum atomic E-state index is -0.209. The topological polar surface area (TPSA) is 61.4 Å². The van der Waals surface area contributed by atoms with Crippen LogP contribution in [0.1, 0.15) is 36.9 Å². The van der Waals surface area contributed by atoms with Crippen molar-refractivity contribution in [1.82, 2.24) is 10.6 Å². The fraction of sp³-hybridized carbons (Fsp3) is 0.500. The zero-order chi connectivity index (χ0) is 13.1. The number of likely N-dealkylation sites (N-methyl/N-ethyl adjacent to an activating group) is 1. The number of benzene rings is 1. The summed E-state index contributed by atoms with van der Waals surface area (Å²) in [6.07, 6.45) is 3.10. The highest BCUT2D eigenvalue weighted by atomic mass is 16.3. The molecule has 0 saturated carbocycles. The van der Waals surface area contributed by atoms with E-state index in [0.717, 1.165) is 19.3 Å². The molecule has 0 aromatic heterocycles. The van der Waals surface area contributed by atoms with E-state index in [1.165, 1.54) is 11.1 Å². The molecule has 98 valence electrons. The predicted octanol–water partition coefficient (Wildman–Crippen LogP) is 1.49. The smallest absolute Gasteiger partial charge is 0.236 e. The van der Waals surface area contributed by atoms with Crippen LogP contribution < -0.4 is 10.6 Å². The Morgan fingerprint density at radius 1 is 1.50 bits per heavy atom. The summed E-state index contributed by atoms with van der Waals surface area (Å²) in [6, 6.07) is 5.48. The van der Waals surface area contributed by atoms with Crippen LogP contribution in [0.3, 0.4) is 0 Å². The number of nitrogens with one attached hydrogen (secondary N) is 2. The molecule has 3 N–H and O–H groups in total. The molecule has 0 radical (unpaired) electrons. The van der Waals surface area contributed by atoms with Crippen LogP contribution in [-0.4, -0.2) is 24.1 Å². The van der Waals surface area contributed by atoms with Crippen molar-refractivity contribution in [1.29, 1.82) is 0 Å². The second-order valence-corrected chi connectivity index (χ2v) is 4.83. The maximum absolute atomic E-state index is 11.5. The van der Waals surface area contributed by atoms with Crippen LogP contribution in [0.25, 0.3) is 0 Å². The number of amides is 1. The van der Waals surface area contributed by atoms with E-state index >= 15 is 0 Å². The Kier molecular flexibility index (Phi) is 3.87. The lowest BCUT2D eigenvalue weighted by Crippen LogP contribution is -2.43. The third kappa shape index (κ3) is 2.64. The number of carbonyl (C=O) groups excluding carboxylic acids is 1. The molecular weight excluding hydrogens is 228 g/mol. The van der Waals surface area contributed by atoms with Gasteiger partial charge in [0.15, 0.2) is 0 Å². The maximum Gasteiger partial charge on any atom is 0.236 e. The predicted molar refractivity (Wildman–Crippen MR) is 70.5 cm³/mol. The molecule has 1 amide bonds. The molecule has 1 aromatic carbocycles. The summed E-state index contributed by atoms with van der Waals surface area (Å²) in [7, 11) is 1.65. The van der Waals surface area contributed by atoms with Crippen molar-refractivity contribution in [3.63, 3.8) is 0 Å². The molecule has 1 aromatic rings. The van der Waals surface area contributed by atoms with Gasteiger partial charge < -0.3 is 10.4 Å². The van der Waals surface area contributed by atoms with Gasteiger partial charge in [-0.3, -0.25) is 10.1 Å². The van der Waals surface area contributed by atoms with Gasteiger partial charge in [0.25, 0.3) is 0 Å². The number of phenols is 1. The standard InChI is InChI=1S/C14H20N2O2/c1-9(14(18)15-2)16-13-5-3-4-10-8-11(17)6-7-12(10)13/h6-9,13,16-17H,3-5H2,1-2H3,(H,15,18). The van der Waals surface area contributed by atoms with Gasteiger partial charge in [-0.1, -0.05) is 6.07 Å². The van der Waals surface area contributed by atoms with Gasteiger partial charge in [-0.2, -0.15) is 0 Å². The summed E-state index contributed by atoms with van der Waals surface area (Å²) < 4.78 is 0. The summed E-state index contributed by atoms with van der Waals surface area (Å²) in [5.74, 6) is 0.314. The molecule has 0 aliphatic heterocycles. The lowest BCUT2D eigenvalue weighted by atomic mass is 9.87. The van der Waals surface area contributed by atoms with Crippen LogP contribution >= 0.6 is 0 Å². The van der Waals surface area contributed by atoms with Crippen molar-refractivity contribution in [3.05, 3.63) is 29.3 Å². The molecule has 4 nitrogen and oxygen atoms in total. The average molecular weight is 248 g/mol. The van der Waals surface area contributed by atoms with Gasteiger partial charge in [0.05, 0.1) is 6.04 Å². The number of carbonyl (C=O) groups is 1. The summed E-state index contributed by atoms with van der Waals surface area (Å²) >= 11 is 0. The minimum absolute atomic E-state index is 0.000835. The van der Waals surface area contributed by atoms with Crippen LogP contribution in [0.5, 0.6) is 5.75 Å². The number of hydrogen-bond donors (Lipinski definition) is 3. The van der Waals surface area contributed by atoms with E-state index in [1.807, 2.05) is 19.1 Å².